The van der Waals surface area contributed by atoms with Gasteiger partial charge in [-0.15, -0.1) is 0 Å². The first-order valence-electron chi connectivity index (χ1n) is 7.43. The van der Waals surface area contributed by atoms with Crippen LogP contribution < -0.4 is 15.4 Å². The Balaban J connectivity index is 1.51. The van der Waals surface area contributed by atoms with Gasteiger partial charge in [0, 0.05) is 12.6 Å². The van der Waals surface area contributed by atoms with Crippen molar-refractivity contribution in [2.75, 3.05) is 11.9 Å². The smallest absolute Gasteiger partial charge is 0.262 e. The van der Waals surface area contributed by atoms with Crippen LogP contribution >= 0.6 is 0 Å². The molecular formula is C17H17N3O3. The summed E-state index contributed by atoms with van der Waals surface area (Å²) < 4.78 is 5.31. The summed E-state index contributed by atoms with van der Waals surface area (Å²) in [7, 11) is 0. The molecule has 1 aliphatic rings. The second-order valence-corrected chi connectivity index (χ2v) is 5.27. The van der Waals surface area contributed by atoms with Gasteiger partial charge in [0.2, 0.25) is 5.91 Å². The van der Waals surface area contributed by atoms with Crippen molar-refractivity contribution < 1.29 is 14.3 Å². The lowest BCUT2D eigenvalue weighted by atomic mass is 10.1. The van der Waals surface area contributed by atoms with Crippen LogP contribution in [0.25, 0.3) is 0 Å². The molecule has 2 N–H and O–H groups in total. The number of pyridine rings is 1. The predicted octanol–water partition coefficient (Wildman–Crippen LogP) is 1.66. The van der Waals surface area contributed by atoms with E-state index in [1.807, 2.05) is 36.4 Å². The molecule has 0 atom stereocenters. The van der Waals surface area contributed by atoms with Gasteiger partial charge in [-0.1, -0.05) is 12.1 Å². The SMILES string of the molecule is O=C(CCc1ccc2c(c1)NC(=O)CO2)NCc1ccccn1. The number of hydrogen-bond donors (Lipinski definition) is 2. The van der Waals surface area contributed by atoms with E-state index >= 15 is 0 Å². The third-order valence-electron chi connectivity index (χ3n) is 3.51. The highest BCUT2D eigenvalue weighted by Gasteiger charge is 2.16. The van der Waals surface area contributed by atoms with Crippen molar-refractivity contribution in [3.8, 4) is 5.75 Å². The maximum atomic E-state index is 11.9. The molecule has 23 heavy (non-hydrogen) atoms. The lowest BCUT2D eigenvalue weighted by Crippen LogP contribution is -2.25. The van der Waals surface area contributed by atoms with Crippen LogP contribution in [-0.2, 0) is 22.6 Å². The van der Waals surface area contributed by atoms with Gasteiger partial charge in [0.25, 0.3) is 5.91 Å². The lowest BCUT2D eigenvalue weighted by Gasteiger charge is -2.18. The van der Waals surface area contributed by atoms with Crippen LogP contribution in [0.3, 0.4) is 0 Å². The summed E-state index contributed by atoms with van der Waals surface area (Å²) in [6, 6.07) is 11.2. The number of benzene rings is 1. The molecule has 118 valence electrons. The third kappa shape index (κ3) is 4.06. The summed E-state index contributed by atoms with van der Waals surface area (Å²) in [5.41, 5.74) is 2.46. The summed E-state index contributed by atoms with van der Waals surface area (Å²) >= 11 is 0. The second-order valence-electron chi connectivity index (χ2n) is 5.27. The molecule has 1 aromatic carbocycles. The number of nitrogens with zero attached hydrogens (tertiary/aromatic N) is 1. The standard InChI is InChI=1S/C17H17N3O3/c21-16(19-10-13-3-1-2-8-18-13)7-5-12-4-6-15-14(9-12)20-17(22)11-23-15/h1-4,6,8-9H,5,7,10-11H2,(H,19,21)(H,20,22). The molecule has 2 heterocycles. The Hall–Kier alpha value is -2.89. The van der Waals surface area contributed by atoms with Gasteiger partial charge in [-0.05, 0) is 36.2 Å². The maximum absolute atomic E-state index is 11.9. The highest BCUT2D eigenvalue weighted by Crippen LogP contribution is 2.28. The van der Waals surface area contributed by atoms with Gasteiger partial charge in [0.1, 0.15) is 5.75 Å². The number of aromatic nitrogens is 1. The average molecular weight is 311 g/mol. The zero-order valence-corrected chi connectivity index (χ0v) is 12.5. The molecule has 0 spiro atoms. The number of aryl methyl sites for hydroxylation is 1. The fourth-order valence-corrected chi connectivity index (χ4v) is 2.32. The van der Waals surface area contributed by atoms with Crippen LogP contribution in [0, 0.1) is 0 Å². The van der Waals surface area contributed by atoms with Gasteiger partial charge in [-0.3, -0.25) is 14.6 Å². The van der Waals surface area contributed by atoms with Crippen molar-refractivity contribution in [2.45, 2.75) is 19.4 Å². The Morgan fingerprint density at radius 3 is 3.04 bits per heavy atom. The molecular weight excluding hydrogens is 294 g/mol. The number of nitrogens with one attached hydrogen (secondary N) is 2. The molecule has 0 bridgehead atoms. The Bertz CT molecular complexity index is 716. The Kier molecular flexibility index (Phi) is 4.52. The van der Waals surface area contributed by atoms with Gasteiger partial charge in [-0.25, -0.2) is 0 Å². The van der Waals surface area contributed by atoms with Crippen molar-refractivity contribution in [2.24, 2.45) is 0 Å². The van der Waals surface area contributed by atoms with Crippen molar-refractivity contribution >= 4 is 17.5 Å². The van der Waals surface area contributed by atoms with Crippen LogP contribution in [0.2, 0.25) is 0 Å². The minimum atomic E-state index is -0.164. The van der Waals surface area contributed by atoms with Crippen molar-refractivity contribution in [1.29, 1.82) is 0 Å². The molecule has 0 radical (unpaired) electrons. The van der Waals surface area contributed by atoms with E-state index in [2.05, 4.69) is 15.6 Å². The Labute approximate surface area is 133 Å². The molecule has 2 aromatic rings. The monoisotopic (exact) mass is 311 g/mol. The van der Waals surface area contributed by atoms with Crippen LogP contribution in [0.4, 0.5) is 5.69 Å². The Morgan fingerprint density at radius 1 is 1.30 bits per heavy atom. The molecule has 0 fully saturated rings. The quantitative estimate of drug-likeness (QED) is 0.880. The average Bonchev–Trinajstić information content (AvgIpc) is 2.58. The molecule has 2 amide bonds. The summed E-state index contributed by atoms with van der Waals surface area (Å²) in [5.74, 6) is 0.462. The van der Waals surface area contributed by atoms with Gasteiger partial charge < -0.3 is 15.4 Å². The zero-order chi connectivity index (χ0) is 16.1. The summed E-state index contributed by atoms with van der Waals surface area (Å²) in [6.07, 6.45) is 2.67. The van der Waals surface area contributed by atoms with Crippen molar-refractivity contribution in [1.82, 2.24) is 10.3 Å². The molecule has 6 nitrogen and oxygen atoms in total. The van der Waals surface area contributed by atoms with E-state index in [1.165, 1.54) is 0 Å². The van der Waals surface area contributed by atoms with E-state index in [0.29, 0.717) is 30.8 Å². The molecule has 1 aromatic heterocycles. The van der Waals surface area contributed by atoms with E-state index < -0.39 is 0 Å². The summed E-state index contributed by atoms with van der Waals surface area (Å²) in [5, 5.41) is 5.60. The largest absolute Gasteiger partial charge is 0.482 e. The van der Waals surface area contributed by atoms with Gasteiger partial charge in [-0.2, -0.15) is 0 Å². The molecule has 1 aliphatic heterocycles. The van der Waals surface area contributed by atoms with Gasteiger partial charge in [0.15, 0.2) is 6.61 Å². The third-order valence-corrected chi connectivity index (χ3v) is 3.51. The highest BCUT2D eigenvalue weighted by molar-refractivity contribution is 5.95. The summed E-state index contributed by atoms with van der Waals surface area (Å²) in [6.45, 7) is 0.468. The fraction of sp³-hybridized carbons (Fsp3) is 0.235. The van der Waals surface area contributed by atoms with E-state index in [9.17, 15) is 9.59 Å². The van der Waals surface area contributed by atoms with Crippen LogP contribution in [0.1, 0.15) is 17.7 Å². The van der Waals surface area contributed by atoms with Crippen LogP contribution in [0.5, 0.6) is 5.75 Å². The number of ether oxygens (including phenoxy) is 1. The number of carbonyl (C=O) groups is 2. The van der Waals surface area contributed by atoms with Crippen molar-refractivity contribution in [3.63, 3.8) is 0 Å². The number of carbonyl (C=O) groups excluding carboxylic acids is 2. The number of amides is 2. The van der Waals surface area contributed by atoms with E-state index in [1.54, 1.807) is 6.20 Å². The van der Waals surface area contributed by atoms with E-state index in [-0.39, 0.29) is 18.4 Å². The predicted molar refractivity (Wildman–Crippen MR) is 85.0 cm³/mol. The van der Waals surface area contributed by atoms with Gasteiger partial charge >= 0.3 is 0 Å². The van der Waals surface area contributed by atoms with Crippen LogP contribution in [-0.4, -0.2) is 23.4 Å². The summed E-state index contributed by atoms with van der Waals surface area (Å²) in [4.78, 5) is 27.4. The molecule has 6 heteroatoms. The van der Waals surface area contributed by atoms with E-state index in [4.69, 9.17) is 4.74 Å². The molecule has 0 saturated carbocycles. The molecule has 0 saturated heterocycles. The Morgan fingerprint density at radius 2 is 2.22 bits per heavy atom. The maximum Gasteiger partial charge on any atom is 0.262 e. The normalized spacial score (nSPS) is 12.8. The number of hydrogen-bond acceptors (Lipinski definition) is 4. The molecule has 0 unspecified atom stereocenters. The molecule has 0 aliphatic carbocycles. The second kappa shape index (κ2) is 6.91. The zero-order valence-electron chi connectivity index (χ0n) is 12.5. The number of anilines is 1. The minimum Gasteiger partial charge on any atom is -0.482 e. The topological polar surface area (TPSA) is 80.3 Å². The van der Waals surface area contributed by atoms with Crippen molar-refractivity contribution in [3.05, 3.63) is 53.9 Å². The van der Waals surface area contributed by atoms with E-state index in [0.717, 1.165) is 11.3 Å². The minimum absolute atomic E-state index is 0.0336. The first-order chi connectivity index (χ1) is 11.2. The fourth-order valence-electron chi connectivity index (χ4n) is 2.32. The first kappa shape index (κ1) is 15.0. The number of fused-ring (bicyclic) bond motifs is 1. The van der Waals surface area contributed by atoms with Crippen LogP contribution in [0.15, 0.2) is 42.6 Å². The lowest BCUT2D eigenvalue weighted by molar-refractivity contribution is -0.121. The number of rotatable bonds is 5. The molecule has 3 rings (SSSR count). The first-order valence-corrected chi connectivity index (χ1v) is 7.43. The van der Waals surface area contributed by atoms with Gasteiger partial charge in [0.05, 0.1) is 17.9 Å². The highest BCUT2D eigenvalue weighted by atomic mass is 16.5.